The van der Waals surface area contributed by atoms with E-state index in [9.17, 15) is 9.59 Å². The Bertz CT molecular complexity index is 971. The molecule has 0 aliphatic carbocycles. The molecule has 2 aliphatic heterocycles. The van der Waals surface area contributed by atoms with Crippen molar-refractivity contribution in [1.29, 1.82) is 0 Å². The molecule has 164 valence electrons. The highest BCUT2D eigenvalue weighted by Crippen LogP contribution is 2.31. The third kappa shape index (κ3) is 4.29. The zero-order chi connectivity index (χ0) is 22.0. The number of hydrogen-bond acceptors (Lipinski definition) is 5. The fraction of sp³-hybridized carbons (Fsp3) is 0.417. The summed E-state index contributed by atoms with van der Waals surface area (Å²) in [7, 11) is 1.58. The molecule has 2 saturated heterocycles. The van der Waals surface area contributed by atoms with Gasteiger partial charge in [0, 0.05) is 32.7 Å². The molecule has 0 radical (unpaired) electrons. The van der Waals surface area contributed by atoms with Crippen LogP contribution >= 0.6 is 0 Å². The number of nitrogens with zero attached hydrogens (tertiary/aromatic N) is 3. The number of rotatable bonds is 6. The number of imide groups is 1. The Morgan fingerprint density at radius 1 is 1.00 bits per heavy atom. The van der Waals surface area contributed by atoms with Crippen molar-refractivity contribution in [3.63, 3.8) is 0 Å². The van der Waals surface area contributed by atoms with Crippen LogP contribution in [0.2, 0.25) is 0 Å². The highest BCUT2D eigenvalue weighted by Gasteiger charge is 2.49. The quantitative estimate of drug-likeness (QED) is 0.725. The SMILES string of the molecule is COc1cccc([C@]2(C)NC(=O)N(CN3CCN(Cc4ccccc4C)CC3)C2=O)c1. The number of carbonyl (C=O) groups excluding carboxylic acids is 2. The van der Waals surface area contributed by atoms with Gasteiger partial charge in [-0.1, -0.05) is 36.4 Å². The van der Waals surface area contributed by atoms with Crippen LogP contribution < -0.4 is 10.1 Å². The van der Waals surface area contributed by atoms with Crippen LogP contribution in [-0.4, -0.2) is 66.6 Å². The Kier molecular flexibility index (Phi) is 5.98. The summed E-state index contributed by atoms with van der Waals surface area (Å²) in [6, 6.07) is 15.4. The lowest BCUT2D eigenvalue weighted by atomic mass is 9.92. The highest BCUT2D eigenvalue weighted by atomic mass is 16.5. The molecule has 3 amide bonds. The van der Waals surface area contributed by atoms with Crippen molar-refractivity contribution in [1.82, 2.24) is 20.0 Å². The van der Waals surface area contributed by atoms with E-state index in [0.717, 1.165) is 38.3 Å². The van der Waals surface area contributed by atoms with E-state index in [4.69, 9.17) is 4.74 Å². The van der Waals surface area contributed by atoms with Crippen molar-refractivity contribution in [2.75, 3.05) is 40.0 Å². The summed E-state index contributed by atoms with van der Waals surface area (Å²) in [6.07, 6.45) is 0. The minimum absolute atomic E-state index is 0.229. The molecule has 2 aromatic rings. The summed E-state index contributed by atoms with van der Waals surface area (Å²) in [5.74, 6) is 0.428. The lowest BCUT2D eigenvalue weighted by molar-refractivity contribution is -0.132. The molecular formula is C24H30N4O3. The molecule has 0 unspecified atom stereocenters. The van der Waals surface area contributed by atoms with Crippen LogP contribution in [0.1, 0.15) is 23.6 Å². The normalized spacial score (nSPS) is 22.6. The Labute approximate surface area is 183 Å². The maximum atomic E-state index is 13.2. The molecule has 2 aliphatic rings. The van der Waals surface area contributed by atoms with E-state index in [0.29, 0.717) is 12.4 Å². The molecule has 0 saturated carbocycles. The number of piperazine rings is 1. The molecule has 1 N–H and O–H groups in total. The van der Waals surface area contributed by atoms with Gasteiger partial charge in [0.05, 0.1) is 13.8 Å². The lowest BCUT2D eigenvalue weighted by Crippen LogP contribution is -2.51. The standard InChI is InChI=1S/C24H30N4O3/c1-18-7-4-5-8-19(18)16-26-11-13-27(14-12-26)17-28-22(29)24(2,25-23(28)30)20-9-6-10-21(15-20)31-3/h4-10,15H,11-14,16-17H2,1-3H3,(H,25,30)/t24-/m0/s1. The lowest BCUT2D eigenvalue weighted by Gasteiger charge is -2.36. The molecule has 2 aromatic carbocycles. The van der Waals surface area contributed by atoms with Gasteiger partial charge in [-0.15, -0.1) is 0 Å². The van der Waals surface area contributed by atoms with Gasteiger partial charge >= 0.3 is 6.03 Å². The van der Waals surface area contributed by atoms with Crippen molar-refractivity contribution < 1.29 is 14.3 Å². The average Bonchev–Trinajstić information content (AvgIpc) is 3.00. The number of ether oxygens (including phenoxy) is 1. The molecule has 1 atom stereocenters. The van der Waals surface area contributed by atoms with Crippen LogP contribution in [0.5, 0.6) is 5.75 Å². The minimum Gasteiger partial charge on any atom is -0.497 e. The predicted octanol–water partition coefficient (Wildman–Crippen LogP) is 2.55. The number of carbonyl (C=O) groups is 2. The topological polar surface area (TPSA) is 65.1 Å². The highest BCUT2D eigenvalue weighted by molar-refractivity contribution is 6.07. The van der Waals surface area contributed by atoms with Gasteiger partial charge in [0.2, 0.25) is 0 Å². The Morgan fingerprint density at radius 3 is 2.42 bits per heavy atom. The number of methoxy groups -OCH3 is 1. The molecule has 2 fully saturated rings. The smallest absolute Gasteiger partial charge is 0.326 e. The first-order chi connectivity index (χ1) is 14.9. The van der Waals surface area contributed by atoms with Crippen molar-refractivity contribution in [3.8, 4) is 5.75 Å². The van der Waals surface area contributed by atoms with E-state index in [1.54, 1.807) is 20.1 Å². The fourth-order valence-corrected chi connectivity index (χ4v) is 4.27. The third-order valence-electron chi connectivity index (χ3n) is 6.38. The zero-order valence-electron chi connectivity index (χ0n) is 18.4. The largest absolute Gasteiger partial charge is 0.497 e. The van der Waals surface area contributed by atoms with Crippen LogP contribution in [0.15, 0.2) is 48.5 Å². The number of nitrogens with one attached hydrogen (secondary N) is 1. The number of benzene rings is 2. The number of aryl methyl sites for hydroxylation is 1. The molecule has 7 heteroatoms. The maximum Gasteiger partial charge on any atom is 0.326 e. The molecule has 7 nitrogen and oxygen atoms in total. The molecule has 0 aromatic heterocycles. The molecule has 0 bridgehead atoms. The third-order valence-corrected chi connectivity index (χ3v) is 6.38. The number of amides is 3. The van der Waals surface area contributed by atoms with Crippen LogP contribution in [-0.2, 0) is 16.9 Å². The van der Waals surface area contributed by atoms with Crippen molar-refractivity contribution in [2.45, 2.75) is 25.9 Å². The minimum atomic E-state index is -1.09. The van der Waals surface area contributed by atoms with Crippen LogP contribution in [0.4, 0.5) is 4.79 Å². The van der Waals surface area contributed by atoms with Gasteiger partial charge in [0.15, 0.2) is 0 Å². The van der Waals surface area contributed by atoms with Crippen LogP contribution in [0.25, 0.3) is 0 Å². The number of hydrogen-bond donors (Lipinski definition) is 1. The van der Waals surface area contributed by atoms with Crippen LogP contribution in [0.3, 0.4) is 0 Å². The molecular weight excluding hydrogens is 392 g/mol. The van der Waals surface area contributed by atoms with E-state index in [1.807, 2.05) is 18.2 Å². The zero-order valence-corrected chi connectivity index (χ0v) is 18.4. The van der Waals surface area contributed by atoms with Gasteiger partial charge in [-0.05, 0) is 42.7 Å². The maximum absolute atomic E-state index is 13.2. The fourth-order valence-electron chi connectivity index (χ4n) is 4.27. The summed E-state index contributed by atoms with van der Waals surface area (Å²) in [6.45, 7) is 8.58. The van der Waals surface area contributed by atoms with E-state index in [1.165, 1.54) is 16.0 Å². The average molecular weight is 423 g/mol. The van der Waals surface area contributed by atoms with Crippen molar-refractivity contribution >= 4 is 11.9 Å². The second kappa shape index (κ2) is 8.69. The molecule has 2 heterocycles. The Balaban J connectivity index is 1.37. The van der Waals surface area contributed by atoms with E-state index in [2.05, 4.69) is 46.3 Å². The first kappa shape index (κ1) is 21.3. The van der Waals surface area contributed by atoms with Gasteiger partial charge < -0.3 is 10.1 Å². The van der Waals surface area contributed by atoms with Crippen molar-refractivity contribution in [3.05, 3.63) is 65.2 Å². The van der Waals surface area contributed by atoms with Gasteiger partial charge in [0.25, 0.3) is 5.91 Å². The molecule has 31 heavy (non-hydrogen) atoms. The first-order valence-corrected chi connectivity index (χ1v) is 10.7. The van der Waals surface area contributed by atoms with E-state index in [-0.39, 0.29) is 11.9 Å². The predicted molar refractivity (Wildman–Crippen MR) is 119 cm³/mol. The van der Waals surface area contributed by atoms with E-state index < -0.39 is 5.54 Å². The van der Waals surface area contributed by atoms with E-state index >= 15 is 0 Å². The summed E-state index contributed by atoms with van der Waals surface area (Å²) in [5, 5.41) is 2.88. The second-order valence-electron chi connectivity index (χ2n) is 8.48. The Hall–Kier alpha value is -2.90. The van der Waals surface area contributed by atoms with Crippen LogP contribution in [0, 0.1) is 6.92 Å². The summed E-state index contributed by atoms with van der Waals surface area (Å²) in [4.78, 5) is 31.8. The number of urea groups is 1. The van der Waals surface area contributed by atoms with Gasteiger partial charge in [-0.25, -0.2) is 9.69 Å². The van der Waals surface area contributed by atoms with Crippen molar-refractivity contribution in [2.24, 2.45) is 0 Å². The summed E-state index contributed by atoms with van der Waals surface area (Å²) < 4.78 is 5.28. The van der Waals surface area contributed by atoms with Gasteiger partial charge in [-0.2, -0.15) is 0 Å². The monoisotopic (exact) mass is 422 g/mol. The molecule has 0 spiro atoms. The molecule has 4 rings (SSSR count). The van der Waals surface area contributed by atoms with Gasteiger partial charge in [-0.3, -0.25) is 14.6 Å². The second-order valence-corrected chi connectivity index (χ2v) is 8.48. The summed E-state index contributed by atoms with van der Waals surface area (Å²) >= 11 is 0. The van der Waals surface area contributed by atoms with Gasteiger partial charge in [0.1, 0.15) is 11.3 Å². The summed E-state index contributed by atoms with van der Waals surface area (Å²) in [5.41, 5.74) is 2.29. The first-order valence-electron chi connectivity index (χ1n) is 10.7. The Morgan fingerprint density at radius 2 is 1.71 bits per heavy atom.